The molecule has 1 heterocycles. The van der Waals surface area contributed by atoms with E-state index in [0.717, 1.165) is 17.8 Å². The number of likely N-dealkylation sites (tertiary alicyclic amines) is 1. The number of nitrogens with zero attached hydrogens (tertiary/aromatic N) is 2. The van der Waals surface area contributed by atoms with Gasteiger partial charge in [-0.1, -0.05) is 48.5 Å². The quantitative estimate of drug-likeness (QED) is 0.631. The summed E-state index contributed by atoms with van der Waals surface area (Å²) in [7, 11) is 0. The average molecular weight is 389 g/mol. The Bertz CT molecular complexity index is 882. The van der Waals surface area contributed by atoms with Crippen molar-refractivity contribution in [1.82, 2.24) is 10.3 Å². The normalized spacial score (nSPS) is 17.3. The molecule has 1 N–H and O–H groups in total. The monoisotopic (exact) mass is 389 g/mol. The fourth-order valence-electron chi connectivity index (χ4n) is 3.12. The second-order valence-electron chi connectivity index (χ2n) is 6.46. The van der Waals surface area contributed by atoms with Crippen LogP contribution in [0, 0.1) is 0 Å². The Hall–Kier alpha value is -3.16. The van der Waals surface area contributed by atoms with Crippen LogP contribution in [0.4, 0.5) is 13.2 Å². The number of hydrogen-bond acceptors (Lipinski definition) is 3. The molecule has 8 heteroatoms. The van der Waals surface area contributed by atoms with E-state index in [2.05, 4.69) is 10.5 Å². The van der Waals surface area contributed by atoms with Gasteiger partial charge in [-0.2, -0.15) is 18.3 Å². The summed E-state index contributed by atoms with van der Waals surface area (Å²) < 4.78 is 38.8. The molecule has 146 valence electrons. The molecule has 2 amide bonds. The third-order valence-corrected chi connectivity index (χ3v) is 4.48. The molecule has 28 heavy (non-hydrogen) atoms. The molecule has 2 aromatic rings. The summed E-state index contributed by atoms with van der Waals surface area (Å²) in [5, 5.41) is 3.60. The molecule has 0 unspecified atom stereocenters. The molecular formula is C20H18F3N3O2. The SMILES string of the molecule is O=C(CN1C[C@@H](c2ccccc2)CC1=O)N/N=C\c1ccccc1C(F)(F)F. The lowest BCUT2D eigenvalue weighted by molar-refractivity contribution is -0.137. The van der Waals surface area contributed by atoms with Gasteiger partial charge in [0.25, 0.3) is 5.91 Å². The minimum absolute atomic E-state index is 0.0173. The highest BCUT2D eigenvalue weighted by atomic mass is 19.4. The van der Waals surface area contributed by atoms with E-state index in [0.29, 0.717) is 13.0 Å². The maximum atomic E-state index is 12.9. The van der Waals surface area contributed by atoms with Gasteiger partial charge in [0.1, 0.15) is 6.54 Å². The molecule has 1 fully saturated rings. The predicted octanol–water partition coefficient (Wildman–Crippen LogP) is 3.17. The lowest BCUT2D eigenvalue weighted by atomic mass is 9.99. The minimum atomic E-state index is -4.51. The molecule has 1 aliphatic rings. The molecular weight excluding hydrogens is 371 g/mol. The van der Waals surface area contributed by atoms with Crippen molar-refractivity contribution in [3.05, 3.63) is 71.3 Å². The predicted molar refractivity (Wildman–Crippen MR) is 97.6 cm³/mol. The van der Waals surface area contributed by atoms with Crippen LogP contribution in [-0.2, 0) is 15.8 Å². The fourth-order valence-corrected chi connectivity index (χ4v) is 3.12. The van der Waals surface area contributed by atoms with E-state index in [1.165, 1.54) is 23.1 Å². The standard InChI is InChI=1S/C20H18F3N3O2/c21-20(22,23)17-9-5-4-8-15(17)11-24-25-18(27)13-26-12-16(10-19(26)28)14-6-2-1-3-7-14/h1-9,11,16H,10,12-13H2,(H,25,27)/b24-11-/t16-/m0/s1. The van der Waals surface area contributed by atoms with E-state index in [-0.39, 0.29) is 23.9 Å². The zero-order valence-electron chi connectivity index (χ0n) is 14.8. The van der Waals surface area contributed by atoms with Crippen LogP contribution in [-0.4, -0.2) is 36.0 Å². The minimum Gasteiger partial charge on any atom is -0.333 e. The van der Waals surface area contributed by atoms with Gasteiger partial charge < -0.3 is 4.90 Å². The molecule has 1 atom stereocenters. The van der Waals surface area contributed by atoms with Gasteiger partial charge in [-0.15, -0.1) is 0 Å². The molecule has 5 nitrogen and oxygen atoms in total. The van der Waals surface area contributed by atoms with Crippen LogP contribution < -0.4 is 5.43 Å². The first kappa shape index (κ1) is 19.6. The maximum Gasteiger partial charge on any atom is 0.417 e. The number of hydrogen-bond donors (Lipinski definition) is 1. The third-order valence-electron chi connectivity index (χ3n) is 4.48. The molecule has 0 spiro atoms. The molecule has 0 aromatic heterocycles. The van der Waals surface area contributed by atoms with Crippen molar-refractivity contribution in [3.8, 4) is 0 Å². The zero-order chi connectivity index (χ0) is 20.1. The van der Waals surface area contributed by atoms with Crippen molar-refractivity contribution < 1.29 is 22.8 Å². The maximum absolute atomic E-state index is 12.9. The van der Waals surface area contributed by atoms with Crippen molar-refractivity contribution in [2.24, 2.45) is 5.10 Å². The van der Waals surface area contributed by atoms with Crippen LogP contribution in [0.5, 0.6) is 0 Å². The Kier molecular flexibility index (Phi) is 5.77. The number of carbonyl (C=O) groups is 2. The molecule has 0 radical (unpaired) electrons. The summed E-state index contributed by atoms with van der Waals surface area (Å²) >= 11 is 0. The smallest absolute Gasteiger partial charge is 0.333 e. The number of alkyl halides is 3. The fraction of sp³-hybridized carbons (Fsp3) is 0.250. The topological polar surface area (TPSA) is 61.8 Å². The van der Waals surface area contributed by atoms with Gasteiger partial charge in [0, 0.05) is 24.4 Å². The summed E-state index contributed by atoms with van der Waals surface area (Å²) in [6.07, 6.45) is -3.25. The van der Waals surface area contributed by atoms with E-state index in [4.69, 9.17) is 0 Å². The van der Waals surface area contributed by atoms with Crippen LogP contribution in [0.1, 0.15) is 29.0 Å². The first-order valence-corrected chi connectivity index (χ1v) is 8.65. The van der Waals surface area contributed by atoms with Crippen LogP contribution in [0.15, 0.2) is 59.7 Å². The van der Waals surface area contributed by atoms with Crippen molar-refractivity contribution in [2.45, 2.75) is 18.5 Å². The van der Waals surface area contributed by atoms with E-state index in [1.807, 2.05) is 30.3 Å². The number of rotatable bonds is 5. The van der Waals surface area contributed by atoms with Gasteiger partial charge in [-0.05, 0) is 11.6 Å². The zero-order valence-corrected chi connectivity index (χ0v) is 14.8. The lowest BCUT2D eigenvalue weighted by Gasteiger charge is -2.15. The molecule has 1 saturated heterocycles. The van der Waals surface area contributed by atoms with E-state index in [1.54, 1.807) is 0 Å². The summed E-state index contributed by atoms with van der Waals surface area (Å²) in [5.74, 6) is -0.693. The molecule has 2 aromatic carbocycles. The van der Waals surface area contributed by atoms with Gasteiger partial charge in [0.15, 0.2) is 0 Å². The largest absolute Gasteiger partial charge is 0.417 e. The van der Waals surface area contributed by atoms with Gasteiger partial charge in [0.05, 0.1) is 11.8 Å². The van der Waals surface area contributed by atoms with Crippen LogP contribution in [0.3, 0.4) is 0 Å². The second-order valence-corrected chi connectivity index (χ2v) is 6.46. The van der Waals surface area contributed by atoms with Gasteiger partial charge in [-0.3, -0.25) is 9.59 Å². The number of hydrazone groups is 1. The Morgan fingerprint density at radius 3 is 2.54 bits per heavy atom. The molecule has 3 rings (SSSR count). The average Bonchev–Trinajstić information content (AvgIpc) is 3.02. The lowest BCUT2D eigenvalue weighted by Crippen LogP contribution is -2.36. The Labute approximate surface area is 159 Å². The Morgan fingerprint density at radius 1 is 1.14 bits per heavy atom. The Morgan fingerprint density at radius 2 is 1.82 bits per heavy atom. The van der Waals surface area contributed by atoms with Gasteiger partial charge >= 0.3 is 6.18 Å². The van der Waals surface area contributed by atoms with Crippen LogP contribution in [0.25, 0.3) is 0 Å². The Balaban J connectivity index is 1.57. The van der Waals surface area contributed by atoms with E-state index in [9.17, 15) is 22.8 Å². The molecule has 0 bridgehead atoms. The van der Waals surface area contributed by atoms with Crippen molar-refractivity contribution in [1.29, 1.82) is 0 Å². The molecule has 0 aliphatic carbocycles. The summed E-state index contributed by atoms with van der Waals surface area (Å²) in [5.41, 5.74) is 2.21. The molecule has 0 saturated carbocycles. The van der Waals surface area contributed by atoms with Crippen LogP contribution >= 0.6 is 0 Å². The highest BCUT2D eigenvalue weighted by molar-refractivity contribution is 5.88. The molecule has 1 aliphatic heterocycles. The van der Waals surface area contributed by atoms with Crippen molar-refractivity contribution in [2.75, 3.05) is 13.1 Å². The number of amides is 2. The van der Waals surface area contributed by atoms with Crippen molar-refractivity contribution in [3.63, 3.8) is 0 Å². The third kappa shape index (κ3) is 4.76. The highest BCUT2D eigenvalue weighted by Crippen LogP contribution is 2.31. The highest BCUT2D eigenvalue weighted by Gasteiger charge is 2.33. The number of nitrogens with one attached hydrogen (secondary N) is 1. The first-order chi connectivity index (χ1) is 13.3. The van der Waals surface area contributed by atoms with Gasteiger partial charge in [-0.25, -0.2) is 5.43 Å². The van der Waals surface area contributed by atoms with Crippen LogP contribution in [0.2, 0.25) is 0 Å². The number of halogens is 3. The number of carbonyl (C=O) groups excluding carboxylic acids is 2. The van der Waals surface area contributed by atoms with Gasteiger partial charge in [0.2, 0.25) is 5.91 Å². The first-order valence-electron chi connectivity index (χ1n) is 8.65. The van der Waals surface area contributed by atoms with E-state index >= 15 is 0 Å². The van der Waals surface area contributed by atoms with E-state index < -0.39 is 17.6 Å². The second kappa shape index (κ2) is 8.24. The summed E-state index contributed by atoms with van der Waals surface area (Å²) in [6, 6.07) is 14.5. The van der Waals surface area contributed by atoms with Crippen molar-refractivity contribution >= 4 is 18.0 Å². The summed E-state index contributed by atoms with van der Waals surface area (Å²) in [4.78, 5) is 25.6. The summed E-state index contributed by atoms with van der Waals surface area (Å²) in [6.45, 7) is 0.220. The number of benzene rings is 2.